The summed E-state index contributed by atoms with van der Waals surface area (Å²) in [5.41, 5.74) is 2.69. The van der Waals surface area contributed by atoms with Gasteiger partial charge >= 0.3 is 0 Å². The van der Waals surface area contributed by atoms with E-state index in [1.54, 1.807) is 0 Å². The molecule has 102 valence electrons. The molecule has 0 aliphatic heterocycles. The third-order valence-electron chi connectivity index (χ3n) is 2.83. The lowest BCUT2D eigenvalue weighted by Gasteiger charge is -2.22. The minimum absolute atomic E-state index is 0.945. The van der Waals surface area contributed by atoms with Gasteiger partial charge in [0.15, 0.2) is 0 Å². The van der Waals surface area contributed by atoms with Gasteiger partial charge in [-0.3, -0.25) is 0 Å². The van der Waals surface area contributed by atoms with Crippen LogP contribution in [0.15, 0.2) is 22.7 Å². The van der Waals surface area contributed by atoms with Gasteiger partial charge in [-0.05, 0) is 36.9 Å². The van der Waals surface area contributed by atoms with Crippen molar-refractivity contribution in [3.05, 3.63) is 28.2 Å². The number of thioether (sulfide) groups is 1. The van der Waals surface area contributed by atoms with Gasteiger partial charge in [-0.15, -0.1) is 0 Å². The zero-order chi connectivity index (χ0) is 13.4. The van der Waals surface area contributed by atoms with Gasteiger partial charge in [0.05, 0.1) is 0 Å². The molecular formula is C14H23BrN2S. The zero-order valence-corrected chi connectivity index (χ0v) is 13.9. The highest BCUT2D eigenvalue weighted by atomic mass is 79.9. The maximum atomic E-state index is 3.56. The van der Waals surface area contributed by atoms with Gasteiger partial charge in [0.25, 0.3) is 0 Å². The number of rotatable bonds is 8. The van der Waals surface area contributed by atoms with Crippen LogP contribution in [0.4, 0.5) is 5.69 Å². The number of halogens is 1. The first-order valence-corrected chi connectivity index (χ1v) is 8.57. The second-order valence-electron chi connectivity index (χ2n) is 4.36. The standard InChI is InChI=1S/C14H23BrN2S/c1-4-7-16-11-12-5-6-13(15)10-14(12)17(2)8-9-18-3/h5-6,10,16H,4,7-9,11H2,1-3H3. The first-order chi connectivity index (χ1) is 8.69. The van der Waals surface area contributed by atoms with Crippen molar-refractivity contribution in [2.24, 2.45) is 0 Å². The van der Waals surface area contributed by atoms with Crippen LogP contribution >= 0.6 is 27.7 Å². The topological polar surface area (TPSA) is 15.3 Å². The number of nitrogens with one attached hydrogen (secondary N) is 1. The minimum Gasteiger partial charge on any atom is -0.373 e. The molecule has 0 bridgehead atoms. The van der Waals surface area contributed by atoms with Gasteiger partial charge in [-0.25, -0.2) is 0 Å². The molecule has 0 amide bonds. The summed E-state index contributed by atoms with van der Waals surface area (Å²) in [6.07, 6.45) is 3.33. The SMILES string of the molecule is CCCNCc1ccc(Br)cc1N(C)CCSC. The molecule has 0 unspecified atom stereocenters. The molecule has 0 saturated heterocycles. The largest absolute Gasteiger partial charge is 0.373 e. The first kappa shape index (κ1) is 15.9. The van der Waals surface area contributed by atoms with Crippen LogP contribution in [0, 0.1) is 0 Å². The van der Waals surface area contributed by atoms with Gasteiger partial charge in [0.1, 0.15) is 0 Å². The minimum atomic E-state index is 0.945. The molecule has 18 heavy (non-hydrogen) atoms. The summed E-state index contributed by atoms with van der Waals surface area (Å²) >= 11 is 5.45. The number of nitrogens with zero attached hydrogens (tertiary/aromatic N) is 1. The highest BCUT2D eigenvalue weighted by Crippen LogP contribution is 2.24. The summed E-state index contributed by atoms with van der Waals surface area (Å²) < 4.78 is 1.15. The Bertz CT molecular complexity index is 358. The van der Waals surface area contributed by atoms with Crippen molar-refractivity contribution in [2.75, 3.05) is 37.0 Å². The summed E-state index contributed by atoms with van der Waals surface area (Å²) in [6.45, 7) is 5.29. The molecule has 0 spiro atoms. The molecule has 2 nitrogen and oxygen atoms in total. The van der Waals surface area contributed by atoms with Crippen molar-refractivity contribution < 1.29 is 0 Å². The second kappa shape index (κ2) is 8.83. The fraction of sp³-hybridized carbons (Fsp3) is 0.571. The molecular weight excluding hydrogens is 308 g/mol. The van der Waals surface area contributed by atoms with E-state index in [4.69, 9.17) is 0 Å². The Hall–Kier alpha value is -0.190. The van der Waals surface area contributed by atoms with Gasteiger partial charge in [-0.1, -0.05) is 28.9 Å². The van der Waals surface area contributed by atoms with Crippen molar-refractivity contribution in [1.29, 1.82) is 0 Å². The normalized spacial score (nSPS) is 10.7. The van der Waals surface area contributed by atoms with E-state index in [0.717, 1.165) is 29.9 Å². The van der Waals surface area contributed by atoms with Gasteiger partial charge < -0.3 is 10.2 Å². The van der Waals surface area contributed by atoms with Crippen molar-refractivity contribution >= 4 is 33.4 Å². The van der Waals surface area contributed by atoms with E-state index in [9.17, 15) is 0 Å². The van der Waals surface area contributed by atoms with Crippen LogP contribution in [0.3, 0.4) is 0 Å². The van der Waals surface area contributed by atoms with Crippen LogP contribution in [-0.2, 0) is 6.54 Å². The molecule has 0 saturated carbocycles. The van der Waals surface area contributed by atoms with Crippen molar-refractivity contribution in [3.63, 3.8) is 0 Å². The smallest absolute Gasteiger partial charge is 0.0420 e. The summed E-state index contributed by atoms with van der Waals surface area (Å²) in [6, 6.07) is 6.54. The predicted octanol–water partition coefficient (Wildman–Crippen LogP) is 3.75. The van der Waals surface area contributed by atoms with Crippen LogP contribution in [0.2, 0.25) is 0 Å². The maximum Gasteiger partial charge on any atom is 0.0420 e. The Morgan fingerprint density at radius 3 is 2.83 bits per heavy atom. The summed E-state index contributed by atoms with van der Waals surface area (Å²) in [4.78, 5) is 2.34. The lowest BCUT2D eigenvalue weighted by molar-refractivity contribution is 0.674. The summed E-state index contributed by atoms with van der Waals surface area (Å²) in [7, 11) is 2.17. The molecule has 1 aromatic carbocycles. The summed E-state index contributed by atoms with van der Waals surface area (Å²) in [5, 5.41) is 3.47. The third-order valence-corrected chi connectivity index (χ3v) is 3.92. The van der Waals surface area contributed by atoms with E-state index < -0.39 is 0 Å². The van der Waals surface area contributed by atoms with E-state index in [2.05, 4.69) is 64.6 Å². The average Bonchev–Trinajstić information content (AvgIpc) is 2.38. The number of anilines is 1. The first-order valence-electron chi connectivity index (χ1n) is 6.38. The Kier molecular flexibility index (Phi) is 7.79. The van der Waals surface area contributed by atoms with E-state index >= 15 is 0 Å². The molecule has 0 radical (unpaired) electrons. The number of hydrogen-bond donors (Lipinski definition) is 1. The van der Waals surface area contributed by atoms with Crippen molar-refractivity contribution in [2.45, 2.75) is 19.9 Å². The molecule has 0 aliphatic carbocycles. The molecule has 0 atom stereocenters. The van der Waals surface area contributed by atoms with Gasteiger partial charge in [0, 0.05) is 36.1 Å². The number of hydrogen-bond acceptors (Lipinski definition) is 3. The molecule has 0 heterocycles. The fourth-order valence-electron chi connectivity index (χ4n) is 1.79. The van der Waals surface area contributed by atoms with E-state index in [-0.39, 0.29) is 0 Å². The molecule has 1 aromatic rings. The molecule has 0 aliphatic rings. The third kappa shape index (κ3) is 5.21. The molecule has 0 aromatic heterocycles. The molecule has 1 N–H and O–H groups in total. The van der Waals surface area contributed by atoms with Crippen LogP contribution in [0.25, 0.3) is 0 Å². The monoisotopic (exact) mass is 330 g/mol. The molecule has 1 rings (SSSR count). The van der Waals surface area contributed by atoms with E-state index in [1.807, 2.05) is 11.8 Å². The van der Waals surface area contributed by atoms with Crippen molar-refractivity contribution in [3.8, 4) is 0 Å². The van der Waals surface area contributed by atoms with Gasteiger partial charge in [-0.2, -0.15) is 11.8 Å². The highest BCUT2D eigenvalue weighted by molar-refractivity contribution is 9.10. The quantitative estimate of drug-likeness (QED) is 0.731. The Balaban J connectivity index is 2.75. The fourth-order valence-corrected chi connectivity index (χ4v) is 2.60. The van der Waals surface area contributed by atoms with Crippen LogP contribution < -0.4 is 10.2 Å². The Morgan fingerprint density at radius 1 is 1.39 bits per heavy atom. The zero-order valence-electron chi connectivity index (χ0n) is 11.5. The van der Waals surface area contributed by atoms with Crippen molar-refractivity contribution in [1.82, 2.24) is 5.32 Å². The van der Waals surface area contributed by atoms with Crippen LogP contribution in [0.5, 0.6) is 0 Å². The molecule has 0 fully saturated rings. The van der Waals surface area contributed by atoms with Crippen LogP contribution in [-0.4, -0.2) is 32.1 Å². The average molecular weight is 331 g/mol. The van der Waals surface area contributed by atoms with E-state index in [0.29, 0.717) is 0 Å². The highest BCUT2D eigenvalue weighted by Gasteiger charge is 2.07. The van der Waals surface area contributed by atoms with Crippen LogP contribution in [0.1, 0.15) is 18.9 Å². The van der Waals surface area contributed by atoms with E-state index in [1.165, 1.54) is 17.7 Å². The lowest BCUT2D eigenvalue weighted by Crippen LogP contribution is -2.23. The molecule has 4 heteroatoms. The second-order valence-corrected chi connectivity index (χ2v) is 6.27. The predicted molar refractivity (Wildman–Crippen MR) is 87.8 cm³/mol. The Morgan fingerprint density at radius 2 is 2.17 bits per heavy atom. The Labute approximate surface area is 124 Å². The number of benzene rings is 1. The lowest BCUT2D eigenvalue weighted by atomic mass is 10.1. The summed E-state index contributed by atoms with van der Waals surface area (Å²) in [5.74, 6) is 1.16. The van der Waals surface area contributed by atoms with Gasteiger partial charge in [0.2, 0.25) is 0 Å². The maximum absolute atomic E-state index is 3.56.